The topological polar surface area (TPSA) is 21.3 Å². The molecule has 2 aromatic carbocycles. The molecule has 0 aliphatic rings. The summed E-state index contributed by atoms with van der Waals surface area (Å²) in [6.45, 7) is 3.20. The second-order valence-electron chi connectivity index (χ2n) is 4.00. The molecule has 2 aromatic rings. The standard InChI is InChI=1S/C15H15Cl2NO/c1-2-19-14-9-4-3-8-13(14)18-10-11-6-5-7-12(16)15(11)17/h3-9,18H,2,10H2,1H3. The van der Waals surface area contributed by atoms with Crippen LogP contribution in [0.2, 0.25) is 10.0 Å². The highest BCUT2D eigenvalue weighted by Gasteiger charge is 2.06. The summed E-state index contributed by atoms with van der Waals surface area (Å²) in [6.07, 6.45) is 0. The lowest BCUT2D eigenvalue weighted by Crippen LogP contribution is -2.03. The molecule has 0 aliphatic carbocycles. The van der Waals surface area contributed by atoms with E-state index in [4.69, 9.17) is 27.9 Å². The summed E-state index contributed by atoms with van der Waals surface area (Å²) in [5.41, 5.74) is 1.90. The first kappa shape index (κ1) is 14.0. The first-order valence-electron chi connectivity index (χ1n) is 6.11. The van der Waals surface area contributed by atoms with Crippen LogP contribution in [-0.4, -0.2) is 6.61 Å². The summed E-state index contributed by atoms with van der Waals surface area (Å²) >= 11 is 12.1. The van der Waals surface area contributed by atoms with Gasteiger partial charge < -0.3 is 10.1 Å². The quantitative estimate of drug-likeness (QED) is 0.838. The maximum atomic E-state index is 6.16. The van der Waals surface area contributed by atoms with Crippen LogP contribution in [0.5, 0.6) is 5.75 Å². The number of nitrogens with one attached hydrogen (secondary N) is 1. The van der Waals surface area contributed by atoms with Gasteiger partial charge >= 0.3 is 0 Å². The van der Waals surface area contributed by atoms with Crippen LogP contribution in [0.1, 0.15) is 12.5 Å². The fraction of sp³-hybridized carbons (Fsp3) is 0.200. The van der Waals surface area contributed by atoms with Crippen molar-refractivity contribution in [2.45, 2.75) is 13.5 Å². The molecule has 0 saturated heterocycles. The average molecular weight is 296 g/mol. The van der Waals surface area contributed by atoms with Crippen LogP contribution in [0.15, 0.2) is 42.5 Å². The fourth-order valence-corrected chi connectivity index (χ4v) is 2.16. The van der Waals surface area contributed by atoms with Gasteiger partial charge in [0.2, 0.25) is 0 Å². The van der Waals surface area contributed by atoms with Crippen molar-refractivity contribution < 1.29 is 4.74 Å². The van der Waals surface area contributed by atoms with Gasteiger partial charge in [-0.15, -0.1) is 0 Å². The third-order valence-electron chi connectivity index (χ3n) is 2.69. The number of rotatable bonds is 5. The molecule has 0 atom stereocenters. The zero-order valence-electron chi connectivity index (χ0n) is 10.6. The monoisotopic (exact) mass is 295 g/mol. The van der Waals surface area contributed by atoms with Crippen molar-refractivity contribution in [2.24, 2.45) is 0 Å². The molecule has 0 radical (unpaired) electrons. The number of benzene rings is 2. The molecule has 0 aromatic heterocycles. The molecule has 100 valence electrons. The first-order chi connectivity index (χ1) is 9.22. The highest BCUT2D eigenvalue weighted by molar-refractivity contribution is 6.42. The Kier molecular flexibility index (Phi) is 4.94. The summed E-state index contributed by atoms with van der Waals surface area (Å²) in [5.74, 6) is 0.836. The molecule has 0 spiro atoms. The van der Waals surface area contributed by atoms with Gasteiger partial charge in [-0.3, -0.25) is 0 Å². The third kappa shape index (κ3) is 3.55. The van der Waals surface area contributed by atoms with Crippen molar-refractivity contribution >= 4 is 28.9 Å². The number of ether oxygens (including phenoxy) is 1. The van der Waals surface area contributed by atoms with Gasteiger partial charge in [-0.1, -0.05) is 47.5 Å². The minimum atomic E-state index is 0.569. The fourth-order valence-electron chi connectivity index (χ4n) is 1.77. The molecule has 0 bridgehead atoms. The molecule has 0 unspecified atom stereocenters. The third-order valence-corrected chi connectivity index (χ3v) is 3.55. The van der Waals surface area contributed by atoms with E-state index in [2.05, 4.69) is 5.32 Å². The second kappa shape index (κ2) is 6.69. The SMILES string of the molecule is CCOc1ccccc1NCc1cccc(Cl)c1Cl. The van der Waals surface area contributed by atoms with Crippen molar-refractivity contribution in [3.8, 4) is 5.75 Å². The van der Waals surface area contributed by atoms with Gasteiger partial charge in [0.1, 0.15) is 5.75 Å². The smallest absolute Gasteiger partial charge is 0.142 e. The van der Waals surface area contributed by atoms with Crippen molar-refractivity contribution in [3.63, 3.8) is 0 Å². The summed E-state index contributed by atoms with van der Waals surface area (Å²) in [7, 11) is 0. The maximum absolute atomic E-state index is 6.16. The predicted molar refractivity (Wildman–Crippen MR) is 81.4 cm³/mol. The van der Waals surface area contributed by atoms with Crippen LogP contribution in [0.3, 0.4) is 0 Å². The molecule has 19 heavy (non-hydrogen) atoms. The maximum Gasteiger partial charge on any atom is 0.142 e. The van der Waals surface area contributed by atoms with Crippen LogP contribution in [0, 0.1) is 0 Å². The van der Waals surface area contributed by atoms with E-state index in [1.165, 1.54) is 0 Å². The largest absolute Gasteiger partial charge is 0.492 e. The van der Waals surface area contributed by atoms with Crippen LogP contribution < -0.4 is 10.1 Å². The number of anilines is 1. The normalized spacial score (nSPS) is 10.3. The Morgan fingerprint density at radius 2 is 1.84 bits per heavy atom. The van der Waals surface area contributed by atoms with E-state index in [1.54, 1.807) is 6.07 Å². The van der Waals surface area contributed by atoms with Gasteiger partial charge in [-0.25, -0.2) is 0 Å². The first-order valence-corrected chi connectivity index (χ1v) is 6.86. The van der Waals surface area contributed by atoms with Crippen molar-refractivity contribution in [1.29, 1.82) is 0 Å². The zero-order valence-corrected chi connectivity index (χ0v) is 12.1. The van der Waals surface area contributed by atoms with E-state index in [0.717, 1.165) is 17.0 Å². The molecular formula is C15H15Cl2NO. The molecule has 4 heteroatoms. The Hall–Kier alpha value is -1.38. The van der Waals surface area contributed by atoms with Crippen molar-refractivity contribution in [3.05, 3.63) is 58.1 Å². The molecule has 1 N–H and O–H groups in total. The number of para-hydroxylation sites is 2. The van der Waals surface area contributed by atoms with E-state index < -0.39 is 0 Å². The van der Waals surface area contributed by atoms with Crippen LogP contribution >= 0.6 is 23.2 Å². The molecule has 0 aliphatic heterocycles. The Bertz CT molecular complexity index is 558. The van der Waals surface area contributed by atoms with Crippen LogP contribution in [0.25, 0.3) is 0 Å². The van der Waals surface area contributed by atoms with E-state index in [1.807, 2.05) is 43.3 Å². The predicted octanol–water partition coefficient (Wildman–Crippen LogP) is 5.00. The highest BCUT2D eigenvalue weighted by atomic mass is 35.5. The molecule has 2 rings (SSSR count). The number of halogens is 2. The van der Waals surface area contributed by atoms with E-state index in [0.29, 0.717) is 23.2 Å². The lowest BCUT2D eigenvalue weighted by atomic mass is 10.2. The summed E-state index contributed by atoms with van der Waals surface area (Å²) in [6, 6.07) is 13.4. The van der Waals surface area contributed by atoms with E-state index in [-0.39, 0.29) is 0 Å². The number of hydrogen-bond acceptors (Lipinski definition) is 2. The second-order valence-corrected chi connectivity index (χ2v) is 4.78. The highest BCUT2D eigenvalue weighted by Crippen LogP contribution is 2.28. The molecular weight excluding hydrogens is 281 g/mol. The average Bonchev–Trinajstić information content (AvgIpc) is 2.42. The molecule has 2 nitrogen and oxygen atoms in total. The van der Waals surface area contributed by atoms with Gasteiger partial charge in [-0.2, -0.15) is 0 Å². The van der Waals surface area contributed by atoms with Crippen molar-refractivity contribution in [1.82, 2.24) is 0 Å². The van der Waals surface area contributed by atoms with Gasteiger partial charge in [0.15, 0.2) is 0 Å². The Morgan fingerprint density at radius 3 is 2.63 bits per heavy atom. The number of hydrogen-bond donors (Lipinski definition) is 1. The lowest BCUT2D eigenvalue weighted by Gasteiger charge is -2.13. The van der Waals surface area contributed by atoms with Gasteiger partial charge in [0.05, 0.1) is 22.3 Å². The minimum absolute atomic E-state index is 0.569. The Labute approximate surface area is 123 Å². The van der Waals surface area contributed by atoms with Crippen molar-refractivity contribution in [2.75, 3.05) is 11.9 Å². The van der Waals surface area contributed by atoms with Gasteiger partial charge in [-0.05, 0) is 30.7 Å². The molecule has 0 saturated carbocycles. The van der Waals surface area contributed by atoms with Gasteiger partial charge in [0.25, 0.3) is 0 Å². The lowest BCUT2D eigenvalue weighted by molar-refractivity contribution is 0.341. The molecule has 0 fully saturated rings. The summed E-state index contributed by atoms with van der Waals surface area (Å²) in [5, 5.41) is 4.47. The Balaban J connectivity index is 2.12. The van der Waals surface area contributed by atoms with Crippen LogP contribution in [0.4, 0.5) is 5.69 Å². The van der Waals surface area contributed by atoms with E-state index in [9.17, 15) is 0 Å². The molecule has 0 heterocycles. The van der Waals surface area contributed by atoms with Gasteiger partial charge in [0, 0.05) is 6.54 Å². The Morgan fingerprint density at radius 1 is 1.05 bits per heavy atom. The summed E-state index contributed by atoms with van der Waals surface area (Å²) < 4.78 is 5.56. The zero-order chi connectivity index (χ0) is 13.7. The van der Waals surface area contributed by atoms with Crippen LogP contribution in [-0.2, 0) is 6.54 Å². The molecule has 0 amide bonds. The summed E-state index contributed by atoms with van der Waals surface area (Å²) in [4.78, 5) is 0. The van der Waals surface area contributed by atoms with E-state index >= 15 is 0 Å². The minimum Gasteiger partial charge on any atom is -0.492 e.